The predicted molar refractivity (Wildman–Crippen MR) is 110 cm³/mol. The van der Waals surface area contributed by atoms with Gasteiger partial charge in [-0.1, -0.05) is 55.9 Å². The van der Waals surface area contributed by atoms with E-state index < -0.39 is 17.0 Å². The lowest BCUT2D eigenvalue weighted by molar-refractivity contribution is 0.102. The molecule has 146 valence electrons. The number of anilines is 1. The third-order valence-corrected chi connectivity index (χ3v) is 4.93. The molecule has 1 aromatic carbocycles. The Kier molecular flexibility index (Phi) is 5.84. The van der Waals surface area contributed by atoms with Crippen LogP contribution in [0.2, 0.25) is 0 Å². The van der Waals surface area contributed by atoms with E-state index in [1.807, 2.05) is 44.2 Å². The van der Waals surface area contributed by atoms with E-state index in [9.17, 15) is 14.4 Å². The highest BCUT2D eigenvalue weighted by molar-refractivity contribution is 7.99. The van der Waals surface area contributed by atoms with E-state index in [2.05, 4.69) is 15.0 Å². The Morgan fingerprint density at radius 3 is 2.61 bits per heavy atom. The van der Waals surface area contributed by atoms with Gasteiger partial charge in [-0.2, -0.15) is 0 Å². The van der Waals surface area contributed by atoms with Crippen LogP contribution in [0.1, 0.15) is 24.2 Å². The number of benzene rings is 1. The Labute approximate surface area is 165 Å². The molecule has 0 fully saturated rings. The summed E-state index contributed by atoms with van der Waals surface area (Å²) in [6, 6.07) is 9.67. The lowest BCUT2D eigenvalue weighted by atomic mass is 10.2. The molecule has 2 aromatic heterocycles. The Bertz CT molecular complexity index is 1100. The molecule has 0 saturated carbocycles. The molecule has 0 amide bonds. The topological polar surface area (TPSA) is 127 Å². The number of Topliss-reactive ketones (excluding diaryl/α,β-unsaturated/α-hetero) is 1. The smallest absolute Gasteiger partial charge is 0.329 e. The molecule has 0 bridgehead atoms. The van der Waals surface area contributed by atoms with Crippen LogP contribution in [-0.4, -0.2) is 31.1 Å². The number of imidazole rings is 1. The SMILES string of the molecule is CC(C)Cn1c(N)c(C(=O)CSc2ncc(-c3ccccc3)[nH]2)c(=O)[nH]c1=O. The number of nitrogens with two attached hydrogens (primary N) is 1. The van der Waals surface area contributed by atoms with Crippen LogP contribution in [0, 0.1) is 5.92 Å². The Morgan fingerprint density at radius 2 is 1.93 bits per heavy atom. The van der Waals surface area contributed by atoms with Gasteiger partial charge in [-0.3, -0.25) is 19.1 Å². The maximum absolute atomic E-state index is 12.6. The number of hydrogen-bond acceptors (Lipinski definition) is 6. The molecule has 0 unspecified atom stereocenters. The summed E-state index contributed by atoms with van der Waals surface area (Å²) in [6.07, 6.45) is 1.69. The molecule has 28 heavy (non-hydrogen) atoms. The normalized spacial score (nSPS) is 11.1. The van der Waals surface area contributed by atoms with Crippen molar-refractivity contribution in [1.82, 2.24) is 19.5 Å². The number of carbonyl (C=O) groups is 1. The van der Waals surface area contributed by atoms with Gasteiger partial charge < -0.3 is 10.7 Å². The fraction of sp³-hybridized carbons (Fsp3) is 0.263. The number of ketones is 1. The highest BCUT2D eigenvalue weighted by Crippen LogP contribution is 2.22. The van der Waals surface area contributed by atoms with Crippen LogP contribution in [0.3, 0.4) is 0 Å². The second-order valence-corrected chi connectivity index (χ2v) is 7.67. The minimum Gasteiger partial charge on any atom is -0.384 e. The van der Waals surface area contributed by atoms with Crippen LogP contribution in [0.5, 0.6) is 0 Å². The van der Waals surface area contributed by atoms with E-state index in [1.165, 1.54) is 16.3 Å². The summed E-state index contributed by atoms with van der Waals surface area (Å²) < 4.78 is 1.23. The van der Waals surface area contributed by atoms with Gasteiger partial charge >= 0.3 is 5.69 Å². The molecule has 4 N–H and O–H groups in total. The molecule has 0 aliphatic rings. The largest absolute Gasteiger partial charge is 0.384 e. The van der Waals surface area contributed by atoms with Crippen LogP contribution < -0.4 is 17.0 Å². The van der Waals surface area contributed by atoms with Crippen molar-refractivity contribution < 1.29 is 4.79 Å². The highest BCUT2D eigenvalue weighted by atomic mass is 32.2. The number of aromatic amines is 2. The number of nitrogens with zero attached hydrogens (tertiary/aromatic N) is 2. The van der Waals surface area contributed by atoms with Crippen LogP contribution >= 0.6 is 11.8 Å². The monoisotopic (exact) mass is 399 g/mol. The third kappa shape index (κ3) is 4.25. The van der Waals surface area contributed by atoms with Crippen molar-refractivity contribution in [2.24, 2.45) is 5.92 Å². The summed E-state index contributed by atoms with van der Waals surface area (Å²) in [7, 11) is 0. The molecule has 0 radical (unpaired) electrons. The average molecular weight is 399 g/mol. The Hall–Kier alpha value is -3.07. The number of hydrogen-bond donors (Lipinski definition) is 3. The molecule has 9 heteroatoms. The molecule has 2 heterocycles. The first-order valence-electron chi connectivity index (χ1n) is 8.75. The van der Waals surface area contributed by atoms with E-state index in [0.717, 1.165) is 11.3 Å². The molecule has 3 rings (SSSR count). The van der Waals surface area contributed by atoms with E-state index in [4.69, 9.17) is 5.73 Å². The summed E-state index contributed by atoms with van der Waals surface area (Å²) >= 11 is 1.17. The van der Waals surface area contributed by atoms with Crippen LogP contribution in [-0.2, 0) is 6.54 Å². The number of nitrogens with one attached hydrogen (secondary N) is 2. The maximum Gasteiger partial charge on any atom is 0.329 e. The van der Waals surface area contributed by atoms with E-state index >= 15 is 0 Å². The van der Waals surface area contributed by atoms with Gasteiger partial charge in [-0.05, 0) is 11.5 Å². The molecule has 3 aromatic rings. The zero-order chi connectivity index (χ0) is 20.3. The molecule has 0 spiro atoms. The summed E-state index contributed by atoms with van der Waals surface area (Å²) in [5.74, 6) is -0.464. The van der Waals surface area contributed by atoms with Crippen molar-refractivity contribution in [2.75, 3.05) is 11.5 Å². The lowest BCUT2D eigenvalue weighted by Crippen LogP contribution is -2.37. The van der Waals surface area contributed by atoms with Gasteiger partial charge in [0.2, 0.25) is 0 Å². The molecular weight excluding hydrogens is 378 g/mol. The van der Waals surface area contributed by atoms with Gasteiger partial charge in [0.25, 0.3) is 5.56 Å². The number of aromatic nitrogens is 4. The quantitative estimate of drug-likeness (QED) is 0.413. The number of rotatable bonds is 7. The highest BCUT2D eigenvalue weighted by Gasteiger charge is 2.20. The zero-order valence-corrected chi connectivity index (χ0v) is 16.4. The maximum atomic E-state index is 12.6. The molecular formula is C19H21N5O3S. The number of nitrogen functional groups attached to an aromatic ring is 1. The summed E-state index contributed by atoms with van der Waals surface area (Å²) in [5, 5.41) is 0.553. The number of H-pyrrole nitrogens is 2. The first-order valence-corrected chi connectivity index (χ1v) is 9.74. The summed E-state index contributed by atoms with van der Waals surface area (Å²) in [4.78, 5) is 46.3. The summed E-state index contributed by atoms with van der Waals surface area (Å²) in [5.41, 5.74) is 6.22. The van der Waals surface area contributed by atoms with Gasteiger partial charge in [-0.25, -0.2) is 9.78 Å². The summed E-state index contributed by atoms with van der Waals surface area (Å²) in [6.45, 7) is 4.14. The third-order valence-electron chi connectivity index (χ3n) is 4.04. The molecule has 0 saturated heterocycles. The molecule has 0 aliphatic carbocycles. The van der Waals surface area contributed by atoms with E-state index in [1.54, 1.807) is 6.20 Å². The fourth-order valence-corrected chi connectivity index (χ4v) is 3.47. The van der Waals surface area contributed by atoms with Crippen molar-refractivity contribution >= 4 is 23.4 Å². The van der Waals surface area contributed by atoms with Gasteiger partial charge in [0.15, 0.2) is 10.9 Å². The van der Waals surface area contributed by atoms with Gasteiger partial charge in [0, 0.05) is 6.54 Å². The van der Waals surface area contributed by atoms with Crippen molar-refractivity contribution in [1.29, 1.82) is 0 Å². The first-order chi connectivity index (χ1) is 13.4. The van der Waals surface area contributed by atoms with Crippen molar-refractivity contribution in [3.63, 3.8) is 0 Å². The average Bonchev–Trinajstić information content (AvgIpc) is 3.13. The lowest BCUT2D eigenvalue weighted by Gasteiger charge is -2.13. The van der Waals surface area contributed by atoms with E-state index in [-0.39, 0.29) is 23.1 Å². The predicted octanol–water partition coefficient (Wildman–Crippen LogP) is 2.14. The van der Waals surface area contributed by atoms with Crippen molar-refractivity contribution in [3.05, 3.63) is 62.9 Å². The molecule has 8 nitrogen and oxygen atoms in total. The molecule has 0 atom stereocenters. The first kappa shape index (κ1) is 19.7. The zero-order valence-electron chi connectivity index (χ0n) is 15.6. The van der Waals surface area contributed by atoms with Crippen molar-refractivity contribution in [2.45, 2.75) is 25.5 Å². The van der Waals surface area contributed by atoms with Gasteiger partial charge in [0.1, 0.15) is 11.4 Å². The van der Waals surface area contributed by atoms with Crippen molar-refractivity contribution in [3.8, 4) is 11.3 Å². The fourth-order valence-electron chi connectivity index (χ4n) is 2.75. The minimum absolute atomic E-state index is 0.0328. The molecule has 0 aliphatic heterocycles. The van der Waals surface area contributed by atoms with Crippen LogP contribution in [0.15, 0.2) is 51.3 Å². The number of thioether (sulfide) groups is 1. The van der Waals surface area contributed by atoms with Crippen LogP contribution in [0.25, 0.3) is 11.3 Å². The Morgan fingerprint density at radius 1 is 1.21 bits per heavy atom. The second-order valence-electron chi connectivity index (χ2n) is 6.70. The number of carbonyl (C=O) groups excluding carboxylic acids is 1. The van der Waals surface area contributed by atoms with Crippen LogP contribution in [0.4, 0.5) is 5.82 Å². The Balaban J connectivity index is 1.78. The second kappa shape index (κ2) is 8.30. The standard InChI is InChI=1S/C19H21N5O3S/c1-11(2)9-24-16(20)15(17(26)23-19(24)27)14(25)10-28-18-21-8-13(22-18)12-6-4-3-5-7-12/h3-8,11H,9-10,20H2,1-2H3,(H,21,22)(H,23,26,27). The van der Waals surface area contributed by atoms with Gasteiger partial charge in [-0.15, -0.1) is 0 Å². The van der Waals surface area contributed by atoms with E-state index in [0.29, 0.717) is 11.7 Å². The minimum atomic E-state index is -0.766. The van der Waals surface area contributed by atoms with Gasteiger partial charge in [0.05, 0.1) is 17.6 Å².